The fourth-order valence-corrected chi connectivity index (χ4v) is 2.11. The minimum Gasteiger partial charge on any atom is -0.380 e. The van der Waals surface area contributed by atoms with Crippen molar-refractivity contribution in [3.63, 3.8) is 0 Å². The van der Waals surface area contributed by atoms with Crippen molar-refractivity contribution < 1.29 is 4.74 Å². The quantitative estimate of drug-likeness (QED) is 0.697. The molecule has 2 aliphatic rings. The van der Waals surface area contributed by atoms with Gasteiger partial charge in [0.25, 0.3) is 0 Å². The van der Waals surface area contributed by atoms with Gasteiger partial charge < -0.3 is 10.5 Å². The van der Waals surface area contributed by atoms with Crippen molar-refractivity contribution in [1.29, 1.82) is 0 Å². The maximum absolute atomic E-state index is 6.08. The molecule has 3 heteroatoms. The number of rotatable bonds is 3. The summed E-state index contributed by atoms with van der Waals surface area (Å²) >= 11 is 0. The predicted octanol–water partition coefficient (Wildman–Crippen LogP) is 0.588. The second-order valence-corrected chi connectivity index (χ2v) is 4.60. The third-order valence-corrected chi connectivity index (χ3v) is 3.23. The van der Waals surface area contributed by atoms with E-state index >= 15 is 0 Å². The van der Waals surface area contributed by atoms with E-state index in [0.717, 1.165) is 13.1 Å². The van der Waals surface area contributed by atoms with E-state index in [1.54, 1.807) is 0 Å². The molecule has 1 heterocycles. The first-order chi connectivity index (χ1) is 6.22. The lowest BCUT2D eigenvalue weighted by Gasteiger charge is -2.33. The van der Waals surface area contributed by atoms with Gasteiger partial charge in [-0.05, 0) is 32.2 Å². The molecular formula is C10H20N2O. The zero-order valence-corrected chi connectivity index (χ0v) is 8.46. The molecule has 3 nitrogen and oxygen atoms in total. The van der Waals surface area contributed by atoms with Crippen LogP contribution in [0.2, 0.25) is 0 Å². The van der Waals surface area contributed by atoms with E-state index in [9.17, 15) is 0 Å². The van der Waals surface area contributed by atoms with E-state index in [-0.39, 0.29) is 5.54 Å². The van der Waals surface area contributed by atoms with Gasteiger partial charge in [0.2, 0.25) is 0 Å². The van der Waals surface area contributed by atoms with E-state index in [1.165, 1.54) is 32.2 Å². The average Bonchev–Trinajstić information content (AvgIpc) is 2.84. The van der Waals surface area contributed by atoms with E-state index in [2.05, 4.69) is 4.90 Å². The molecular weight excluding hydrogens is 164 g/mol. The highest BCUT2D eigenvalue weighted by molar-refractivity contribution is 5.01. The Hall–Kier alpha value is -0.120. The van der Waals surface area contributed by atoms with Crippen LogP contribution >= 0.6 is 0 Å². The van der Waals surface area contributed by atoms with E-state index in [4.69, 9.17) is 10.5 Å². The summed E-state index contributed by atoms with van der Waals surface area (Å²) in [6.07, 6.45) is 5.33. The second kappa shape index (κ2) is 3.56. The molecule has 1 atom stereocenters. The molecule has 1 aliphatic carbocycles. The fraction of sp³-hybridized carbons (Fsp3) is 1.00. The summed E-state index contributed by atoms with van der Waals surface area (Å²) in [6.45, 7) is 3.36. The summed E-state index contributed by atoms with van der Waals surface area (Å²) in [4.78, 5) is 2.46. The zero-order chi connectivity index (χ0) is 9.31. The van der Waals surface area contributed by atoms with Crippen LogP contribution in [0, 0.1) is 0 Å². The molecule has 2 rings (SSSR count). The molecule has 0 aromatic heterocycles. The van der Waals surface area contributed by atoms with Crippen molar-refractivity contribution in [2.24, 2.45) is 5.73 Å². The van der Waals surface area contributed by atoms with Gasteiger partial charge in [0.15, 0.2) is 0 Å². The number of ether oxygens (including phenoxy) is 1. The fourth-order valence-electron chi connectivity index (χ4n) is 2.11. The molecule has 0 aromatic carbocycles. The third kappa shape index (κ3) is 2.42. The first-order valence-electron chi connectivity index (χ1n) is 5.26. The van der Waals surface area contributed by atoms with Crippen LogP contribution in [0.25, 0.3) is 0 Å². The SMILES string of the molecule is COC1CCCN(CC2(N)CC2)C1. The number of hydrogen-bond acceptors (Lipinski definition) is 3. The van der Waals surface area contributed by atoms with Crippen molar-refractivity contribution in [2.45, 2.75) is 37.3 Å². The number of piperidine rings is 1. The average molecular weight is 184 g/mol. The number of likely N-dealkylation sites (tertiary alicyclic amines) is 1. The maximum Gasteiger partial charge on any atom is 0.0698 e. The van der Waals surface area contributed by atoms with Crippen LogP contribution in [0.15, 0.2) is 0 Å². The lowest BCUT2D eigenvalue weighted by molar-refractivity contribution is 0.0285. The summed E-state index contributed by atoms with van der Waals surface area (Å²) in [7, 11) is 1.81. The Balaban J connectivity index is 1.78. The molecule has 1 unspecified atom stereocenters. The predicted molar refractivity (Wildman–Crippen MR) is 52.6 cm³/mol. The van der Waals surface area contributed by atoms with Crippen molar-refractivity contribution in [2.75, 3.05) is 26.7 Å². The molecule has 0 aromatic rings. The van der Waals surface area contributed by atoms with E-state index in [1.807, 2.05) is 7.11 Å². The first kappa shape index (κ1) is 9.44. The van der Waals surface area contributed by atoms with Gasteiger partial charge >= 0.3 is 0 Å². The summed E-state index contributed by atoms with van der Waals surface area (Å²) in [6, 6.07) is 0. The standard InChI is InChI=1S/C10H20N2O/c1-13-9-3-2-6-12(7-9)8-10(11)4-5-10/h9H,2-8,11H2,1H3. The van der Waals surface area contributed by atoms with Crippen molar-refractivity contribution >= 4 is 0 Å². The van der Waals surface area contributed by atoms with Gasteiger partial charge in [0.05, 0.1) is 6.10 Å². The summed E-state index contributed by atoms with van der Waals surface area (Å²) in [5.41, 5.74) is 6.24. The molecule has 0 spiro atoms. The van der Waals surface area contributed by atoms with Crippen molar-refractivity contribution in [3.05, 3.63) is 0 Å². The Morgan fingerprint density at radius 2 is 2.31 bits per heavy atom. The Morgan fingerprint density at radius 1 is 1.54 bits per heavy atom. The lowest BCUT2D eigenvalue weighted by atomic mass is 10.1. The number of hydrogen-bond donors (Lipinski definition) is 1. The Bertz CT molecular complexity index is 180. The van der Waals surface area contributed by atoms with E-state index < -0.39 is 0 Å². The Morgan fingerprint density at radius 3 is 2.92 bits per heavy atom. The van der Waals surface area contributed by atoms with Gasteiger partial charge in [-0.2, -0.15) is 0 Å². The third-order valence-electron chi connectivity index (χ3n) is 3.23. The van der Waals surface area contributed by atoms with Gasteiger partial charge in [0, 0.05) is 25.7 Å². The van der Waals surface area contributed by atoms with Gasteiger partial charge in [-0.15, -0.1) is 0 Å². The second-order valence-electron chi connectivity index (χ2n) is 4.60. The van der Waals surface area contributed by atoms with Crippen molar-refractivity contribution in [3.8, 4) is 0 Å². The smallest absolute Gasteiger partial charge is 0.0698 e. The van der Waals surface area contributed by atoms with Crippen LogP contribution in [0.4, 0.5) is 0 Å². The van der Waals surface area contributed by atoms with Gasteiger partial charge in [-0.3, -0.25) is 4.90 Å². The largest absolute Gasteiger partial charge is 0.380 e. The van der Waals surface area contributed by atoms with Crippen LogP contribution in [-0.2, 0) is 4.74 Å². The van der Waals surface area contributed by atoms with Gasteiger partial charge in [-0.1, -0.05) is 0 Å². The zero-order valence-electron chi connectivity index (χ0n) is 8.46. The highest BCUT2D eigenvalue weighted by Gasteiger charge is 2.40. The molecule has 2 N–H and O–H groups in total. The molecule has 1 aliphatic heterocycles. The summed E-state index contributed by atoms with van der Waals surface area (Å²) < 4.78 is 5.37. The van der Waals surface area contributed by atoms with E-state index in [0.29, 0.717) is 6.10 Å². The maximum atomic E-state index is 6.08. The molecule has 0 radical (unpaired) electrons. The molecule has 0 amide bonds. The number of nitrogens with zero attached hydrogens (tertiary/aromatic N) is 1. The Labute approximate surface area is 80.2 Å². The Kier molecular flexibility index (Phi) is 2.58. The van der Waals surface area contributed by atoms with Crippen LogP contribution in [0.3, 0.4) is 0 Å². The first-order valence-corrected chi connectivity index (χ1v) is 5.26. The molecule has 2 fully saturated rings. The topological polar surface area (TPSA) is 38.5 Å². The summed E-state index contributed by atoms with van der Waals surface area (Å²) in [5.74, 6) is 0. The molecule has 1 saturated heterocycles. The molecule has 1 saturated carbocycles. The van der Waals surface area contributed by atoms with Gasteiger partial charge in [-0.25, -0.2) is 0 Å². The monoisotopic (exact) mass is 184 g/mol. The lowest BCUT2D eigenvalue weighted by Crippen LogP contribution is -2.46. The normalized spacial score (nSPS) is 33.2. The number of nitrogens with two attached hydrogens (primary N) is 1. The van der Waals surface area contributed by atoms with Gasteiger partial charge in [0.1, 0.15) is 0 Å². The molecule has 76 valence electrons. The van der Waals surface area contributed by atoms with Crippen LogP contribution in [0.1, 0.15) is 25.7 Å². The van der Waals surface area contributed by atoms with Crippen LogP contribution < -0.4 is 5.73 Å². The van der Waals surface area contributed by atoms with Crippen LogP contribution in [-0.4, -0.2) is 43.3 Å². The molecule has 13 heavy (non-hydrogen) atoms. The summed E-state index contributed by atoms with van der Waals surface area (Å²) in [5, 5.41) is 0. The molecule has 0 bridgehead atoms. The highest BCUT2D eigenvalue weighted by atomic mass is 16.5. The van der Waals surface area contributed by atoms with Crippen LogP contribution in [0.5, 0.6) is 0 Å². The number of methoxy groups -OCH3 is 1. The minimum atomic E-state index is 0.162. The minimum absolute atomic E-state index is 0.162. The highest BCUT2D eigenvalue weighted by Crippen LogP contribution is 2.33. The van der Waals surface area contributed by atoms with Crippen molar-refractivity contribution in [1.82, 2.24) is 4.90 Å².